The lowest BCUT2D eigenvalue weighted by Gasteiger charge is -2.07. The molecule has 0 aromatic carbocycles. The monoisotopic (exact) mass is 268 g/mol. The van der Waals surface area contributed by atoms with Crippen LogP contribution >= 0.6 is 0 Å². The Hall–Kier alpha value is -1.64. The number of carbonyl (C=O) groups is 1. The number of nitrogens with zero attached hydrogens (tertiary/aromatic N) is 1. The third-order valence-electron chi connectivity index (χ3n) is 1.63. The smallest absolute Gasteiger partial charge is 0.317 e. The molecule has 0 saturated carbocycles. The second-order valence-corrected chi connectivity index (χ2v) is 5.07. The van der Waals surface area contributed by atoms with E-state index in [4.69, 9.17) is 0 Å². The molecule has 0 saturated heterocycles. The van der Waals surface area contributed by atoms with E-state index in [1.807, 2.05) is 0 Å². The number of carbonyl (C=O) groups excluding carboxylic acids is 1. The van der Waals surface area contributed by atoms with E-state index in [2.05, 4.69) is 4.98 Å². The van der Waals surface area contributed by atoms with Gasteiger partial charge in [-0.3, -0.25) is 4.79 Å². The van der Waals surface area contributed by atoms with Crippen molar-refractivity contribution in [2.75, 3.05) is 11.6 Å². The van der Waals surface area contributed by atoms with E-state index in [-0.39, 0.29) is 10.7 Å². The fourth-order valence-corrected chi connectivity index (χ4v) is 1.43. The standard InChI is InChI=1S/C8H7F3N2O3S/c1-17(15,16)6-3-2-5(4-12-6)13-7(14)8(9,10)11/h2-4H,1H3,(H,13,14). The fourth-order valence-electron chi connectivity index (χ4n) is 0.876. The SMILES string of the molecule is CS(=O)(=O)c1ccc(NC(=O)C(F)(F)F)cn1. The number of hydrogen-bond donors (Lipinski definition) is 1. The molecule has 94 valence electrons. The van der Waals surface area contributed by atoms with Crippen LogP contribution in [0, 0.1) is 0 Å². The highest BCUT2D eigenvalue weighted by molar-refractivity contribution is 7.90. The Kier molecular flexibility index (Phi) is 3.41. The molecule has 0 unspecified atom stereocenters. The highest BCUT2D eigenvalue weighted by Gasteiger charge is 2.38. The summed E-state index contributed by atoms with van der Waals surface area (Å²) in [7, 11) is -3.52. The molecule has 0 aliphatic carbocycles. The van der Waals surface area contributed by atoms with Crippen molar-refractivity contribution < 1.29 is 26.4 Å². The van der Waals surface area contributed by atoms with Gasteiger partial charge in [0, 0.05) is 6.26 Å². The Balaban J connectivity index is 2.87. The zero-order valence-electron chi connectivity index (χ0n) is 8.45. The minimum Gasteiger partial charge on any atom is -0.317 e. The molecule has 0 radical (unpaired) electrons. The normalized spacial score (nSPS) is 12.2. The van der Waals surface area contributed by atoms with Gasteiger partial charge < -0.3 is 5.32 Å². The molecule has 5 nitrogen and oxygen atoms in total. The molecule has 0 fully saturated rings. The summed E-state index contributed by atoms with van der Waals surface area (Å²) >= 11 is 0. The predicted molar refractivity (Wildman–Crippen MR) is 52.0 cm³/mol. The summed E-state index contributed by atoms with van der Waals surface area (Å²) < 4.78 is 57.6. The van der Waals surface area contributed by atoms with Gasteiger partial charge in [0.05, 0.1) is 11.9 Å². The van der Waals surface area contributed by atoms with Gasteiger partial charge in [-0.05, 0) is 12.1 Å². The number of halogens is 3. The first kappa shape index (κ1) is 13.4. The third-order valence-corrected chi connectivity index (χ3v) is 2.63. The summed E-state index contributed by atoms with van der Waals surface area (Å²) in [5.74, 6) is -2.15. The molecule has 0 bridgehead atoms. The molecule has 1 aromatic heterocycles. The molecule has 9 heteroatoms. The van der Waals surface area contributed by atoms with Crippen LogP contribution in [0.25, 0.3) is 0 Å². The fraction of sp³-hybridized carbons (Fsp3) is 0.250. The Labute approximate surface area is 94.6 Å². The number of nitrogens with one attached hydrogen (secondary N) is 1. The number of aromatic nitrogens is 1. The lowest BCUT2D eigenvalue weighted by molar-refractivity contribution is -0.167. The van der Waals surface area contributed by atoms with E-state index in [1.165, 1.54) is 5.32 Å². The summed E-state index contributed by atoms with van der Waals surface area (Å²) in [6.45, 7) is 0. The Bertz CT molecular complexity index is 522. The first-order valence-electron chi connectivity index (χ1n) is 4.15. The number of rotatable bonds is 2. The van der Waals surface area contributed by atoms with Crippen molar-refractivity contribution in [1.82, 2.24) is 4.98 Å². The van der Waals surface area contributed by atoms with E-state index < -0.39 is 21.9 Å². The zero-order valence-corrected chi connectivity index (χ0v) is 9.26. The minimum atomic E-state index is -5.00. The molecular weight excluding hydrogens is 261 g/mol. The van der Waals surface area contributed by atoms with Crippen LogP contribution in [-0.2, 0) is 14.6 Å². The summed E-state index contributed by atoms with van der Waals surface area (Å²) in [5, 5.41) is 1.25. The van der Waals surface area contributed by atoms with Crippen LogP contribution in [0.3, 0.4) is 0 Å². The maximum atomic E-state index is 11.9. The summed E-state index contributed by atoms with van der Waals surface area (Å²) in [5.41, 5.74) is -0.236. The lowest BCUT2D eigenvalue weighted by Crippen LogP contribution is -2.29. The second-order valence-electron chi connectivity index (χ2n) is 3.11. The number of alkyl halides is 3. The van der Waals surface area contributed by atoms with Gasteiger partial charge in [0.2, 0.25) is 0 Å². The van der Waals surface area contributed by atoms with Gasteiger partial charge in [-0.25, -0.2) is 13.4 Å². The van der Waals surface area contributed by atoms with Crippen molar-refractivity contribution in [2.24, 2.45) is 0 Å². The van der Waals surface area contributed by atoms with Crippen molar-refractivity contribution in [1.29, 1.82) is 0 Å². The van der Waals surface area contributed by atoms with E-state index in [0.717, 1.165) is 24.6 Å². The molecule has 1 N–H and O–H groups in total. The Morgan fingerprint density at radius 3 is 2.29 bits per heavy atom. The third kappa shape index (κ3) is 3.70. The van der Waals surface area contributed by atoms with Crippen LogP contribution in [0.2, 0.25) is 0 Å². The number of hydrogen-bond acceptors (Lipinski definition) is 4. The van der Waals surface area contributed by atoms with Gasteiger partial charge in [-0.2, -0.15) is 13.2 Å². The summed E-state index contributed by atoms with van der Waals surface area (Å²) in [4.78, 5) is 13.9. The van der Waals surface area contributed by atoms with Crippen molar-refractivity contribution in [3.05, 3.63) is 18.3 Å². The Morgan fingerprint density at radius 1 is 1.35 bits per heavy atom. The highest BCUT2D eigenvalue weighted by atomic mass is 32.2. The Morgan fingerprint density at radius 2 is 1.94 bits per heavy atom. The van der Waals surface area contributed by atoms with E-state index >= 15 is 0 Å². The first-order chi connectivity index (χ1) is 7.60. The summed E-state index contributed by atoms with van der Waals surface area (Å²) in [6, 6.07) is 2.02. The molecule has 0 aliphatic heterocycles. The van der Waals surface area contributed by atoms with Gasteiger partial charge in [0.15, 0.2) is 14.9 Å². The maximum absolute atomic E-state index is 11.9. The second kappa shape index (κ2) is 4.32. The van der Waals surface area contributed by atoms with E-state index in [9.17, 15) is 26.4 Å². The molecule has 0 spiro atoms. The molecular formula is C8H7F3N2O3S. The van der Waals surface area contributed by atoms with Crippen LogP contribution in [0.1, 0.15) is 0 Å². The van der Waals surface area contributed by atoms with E-state index in [1.54, 1.807) is 0 Å². The van der Waals surface area contributed by atoms with Gasteiger partial charge >= 0.3 is 12.1 Å². The topological polar surface area (TPSA) is 76.1 Å². The molecule has 1 aromatic rings. The van der Waals surface area contributed by atoms with Gasteiger partial charge in [0.25, 0.3) is 0 Å². The zero-order chi connectivity index (χ0) is 13.3. The molecule has 0 atom stereocenters. The largest absolute Gasteiger partial charge is 0.471 e. The van der Waals surface area contributed by atoms with Gasteiger partial charge in [-0.15, -0.1) is 0 Å². The first-order valence-corrected chi connectivity index (χ1v) is 6.04. The molecule has 17 heavy (non-hydrogen) atoms. The minimum absolute atomic E-state index is 0.236. The number of anilines is 1. The van der Waals surface area contributed by atoms with Crippen LogP contribution in [-0.4, -0.2) is 31.7 Å². The number of pyridine rings is 1. The van der Waals surface area contributed by atoms with Crippen molar-refractivity contribution in [2.45, 2.75) is 11.2 Å². The lowest BCUT2D eigenvalue weighted by atomic mass is 10.4. The van der Waals surface area contributed by atoms with Crippen LogP contribution in [0.5, 0.6) is 0 Å². The molecule has 1 heterocycles. The maximum Gasteiger partial charge on any atom is 0.471 e. The number of amides is 1. The van der Waals surface area contributed by atoms with Crippen molar-refractivity contribution >= 4 is 21.4 Å². The molecule has 0 aliphatic rings. The number of sulfone groups is 1. The van der Waals surface area contributed by atoms with Gasteiger partial charge in [0.1, 0.15) is 0 Å². The quantitative estimate of drug-likeness (QED) is 0.867. The van der Waals surface area contributed by atoms with Crippen molar-refractivity contribution in [3.63, 3.8) is 0 Å². The van der Waals surface area contributed by atoms with Crippen LogP contribution in [0.15, 0.2) is 23.4 Å². The molecule has 1 rings (SSSR count). The van der Waals surface area contributed by atoms with E-state index in [0.29, 0.717) is 0 Å². The van der Waals surface area contributed by atoms with Crippen LogP contribution in [0.4, 0.5) is 18.9 Å². The average Bonchev–Trinajstić information content (AvgIpc) is 2.15. The van der Waals surface area contributed by atoms with Crippen LogP contribution < -0.4 is 5.32 Å². The highest BCUT2D eigenvalue weighted by Crippen LogP contribution is 2.18. The van der Waals surface area contributed by atoms with Gasteiger partial charge in [-0.1, -0.05) is 0 Å². The average molecular weight is 268 g/mol. The summed E-state index contributed by atoms with van der Waals surface area (Å²) in [6.07, 6.45) is -3.27. The van der Waals surface area contributed by atoms with Crippen molar-refractivity contribution in [3.8, 4) is 0 Å². The predicted octanol–water partition coefficient (Wildman–Crippen LogP) is 0.986. The molecule has 1 amide bonds.